The van der Waals surface area contributed by atoms with Crippen molar-refractivity contribution in [3.63, 3.8) is 0 Å². The third-order valence-corrected chi connectivity index (χ3v) is 1.27. The van der Waals surface area contributed by atoms with E-state index in [2.05, 4.69) is 0 Å². The summed E-state index contributed by atoms with van der Waals surface area (Å²) in [6.45, 7) is 0. The molecule has 0 bridgehead atoms. The summed E-state index contributed by atoms with van der Waals surface area (Å²) < 4.78 is 0. The van der Waals surface area contributed by atoms with Crippen LogP contribution in [0.5, 0.6) is 0 Å². The predicted molar refractivity (Wildman–Crippen MR) is 44.1 cm³/mol. The van der Waals surface area contributed by atoms with Gasteiger partial charge in [-0.15, -0.1) is 0 Å². The minimum absolute atomic E-state index is 0.587. The van der Waals surface area contributed by atoms with Gasteiger partial charge in [-0.2, -0.15) is 0 Å². The summed E-state index contributed by atoms with van der Waals surface area (Å²) in [5, 5.41) is 6.92. The second-order valence-corrected chi connectivity index (χ2v) is 2.03. The van der Waals surface area contributed by atoms with Crippen LogP contribution in [0.2, 0.25) is 0 Å². The maximum absolute atomic E-state index is 6.92. The Balaban J connectivity index is 3.21. The summed E-state index contributed by atoms with van der Waals surface area (Å²) in [4.78, 5) is 0. The van der Waals surface area contributed by atoms with Gasteiger partial charge in [-0.25, -0.2) is 0 Å². The van der Waals surface area contributed by atoms with Gasteiger partial charge in [0.05, 0.1) is 0 Å². The minimum atomic E-state index is 0.587. The lowest BCUT2D eigenvalue weighted by Gasteiger charge is -1.99. The molecule has 1 aromatic carbocycles. The van der Waals surface area contributed by atoms with E-state index in [-0.39, 0.29) is 0 Å². The van der Waals surface area contributed by atoms with Gasteiger partial charge in [-0.3, -0.25) is 0 Å². The molecule has 0 amide bonds. The fourth-order valence-corrected chi connectivity index (χ4v) is 0.718. The van der Waals surface area contributed by atoms with Crippen LogP contribution >= 0.6 is 0 Å². The number of anilines is 1. The number of nitrogens with two attached hydrogens (primary N) is 1. The first kappa shape index (κ1) is 6.87. The second-order valence-electron chi connectivity index (χ2n) is 2.03. The topological polar surface area (TPSA) is 49.9 Å². The molecule has 0 saturated heterocycles. The number of rotatable bonds is 1. The molecule has 0 aliphatic heterocycles. The minimum Gasteiger partial charge on any atom is -0.398 e. The molecule has 1 rings (SSSR count). The van der Waals surface area contributed by atoms with Crippen LogP contribution in [0.15, 0.2) is 18.2 Å². The molecule has 0 aromatic heterocycles. The molecule has 3 heteroatoms. The summed E-state index contributed by atoms with van der Waals surface area (Å²) in [5.41, 5.74) is 7.38. The highest BCUT2D eigenvalue weighted by molar-refractivity contribution is 6.32. The molecule has 0 fully saturated rings. The summed E-state index contributed by atoms with van der Waals surface area (Å²) in [6, 6.07) is 5.07. The third kappa shape index (κ3) is 1.18. The molecular formula is C7H7BN2. The van der Waals surface area contributed by atoms with Gasteiger partial charge >= 0.3 is 0 Å². The van der Waals surface area contributed by atoms with Crippen molar-refractivity contribution in [1.82, 2.24) is 0 Å². The summed E-state index contributed by atoms with van der Waals surface area (Å²) >= 11 is 0. The zero-order valence-corrected chi connectivity index (χ0v) is 5.46. The van der Waals surface area contributed by atoms with Crippen molar-refractivity contribution in [2.24, 2.45) is 0 Å². The summed E-state index contributed by atoms with van der Waals surface area (Å²) in [5.74, 6) is 0. The number of nitrogen functional groups attached to an aromatic ring is 1. The molecular weight excluding hydrogens is 123 g/mol. The van der Waals surface area contributed by atoms with Crippen LogP contribution < -0.4 is 11.2 Å². The van der Waals surface area contributed by atoms with Crippen LogP contribution in [0.3, 0.4) is 0 Å². The maximum Gasteiger partial charge on any atom is 0.113 e. The van der Waals surface area contributed by atoms with Crippen molar-refractivity contribution in [2.75, 3.05) is 5.73 Å². The Morgan fingerprint density at radius 1 is 1.50 bits per heavy atom. The van der Waals surface area contributed by atoms with Crippen LogP contribution in [0.25, 0.3) is 0 Å². The first-order chi connectivity index (χ1) is 4.74. The van der Waals surface area contributed by atoms with Crippen LogP contribution in [0.4, 0.5) is 5.69 Å². The van der Waals surface area contributed by atoms with Gasteiger partial charge in [0, 0.05) is 17.5 Å². The van der Waals surface area contributed by atoms with Gasteiger partial charge in [0.1, 0.15) is 7.85 Å². The number of hydrogen-bond donors (Lipinski definition) is 2. The van der Waals surface area contributed by atoms with Crippen molar-refractivity contribution in [1.29, 1.82) is 5.41 Å². The van der Waals surface area contributed by atoms with E-state index in [1.807, 2.05) is 0 Å². The maximum atomic E-state index is 6.92. The van der Waals surface area contributed by atoms with Crippen LogP contribution in [0, 0.1) is 5.41 Å². The first-order valence-electron chi connectivity index (χ1n) is 2.89. The van der Waals surface area contributed by atoms with Gasteiger partial charge in [0.25, 0.3) is 0 Å². The van der Waals surface area contributed by atoms with E-state index in [1.54, 1.807) is 18.2 Å². The highest BCUT2D eigenvalue weighted by Crippen LogP contribution is 2.04. The van der Waals surface area contributed by atoms with E-state index in [0.717, 1.165) is 0 Å². The third-order valence-electron chi connectivity index (χ3n) is 1.27. The fourth-order valence-electron chi connectivity index (χ4n) is 0.718. The molecule has 0 unspecified atom stereocenters. The molecule has 2 radical (unpaired) electrons. The highest BCUT2D eigenvalue weighted by atomic mass is 14.6. The zero-order valence-electron chi connectivity index (χ0n) is 5.46. The average molecular weight is 130 g/mol. The van der Waals surface area contributed by atoms with E-state index in [4.69, 9.17) is 19.0 Å². The molecule has 3 N–H and O–H groups in total. The van der Waals surface area contributed by atoms with Crippen LogP contribution in [-0.4, -0.2) is 14.1 Å². The van der Waals surface area contributed by atoms with Crippen LogP contribution in [0.1, 0.15) is 5.56 Å². The van der Waals surface area contributed by atoms with E-state index in [1.165, 1.54) is 6.21 Å². The van der Waals surface area contributed by atoms with Gasteiger partial charge in [-0.1, -0.05) is 17.6 Å². The number of benzene rings is 1. The summed E-state index contributed by atoms with van der Waals surface area (Å²) in [7, 11) is 5.44. The fraction of sp³-hybridized carbons (Fsp3) is 0. The Morgan fingerprint density at radius 3 is 2.70 bits per heavy atom. The molecule has 0 atom stereocenters. The van der Waals surface area contributed by atoms with Crippen molar-refractivity contribution in [2.45, 2.75) is 0 Å². The molecule has 48 valence electrons. The quantitative estimate of drug-likeness (QED) is 0.315. The second kappa shape index (κ2) is 2.56. The normalized spacial score (nSPS) is 9.20. The number of hydrogen-bond acceptors (Lipinski definition) is 2. The monoisotopic (exact) mass is 130 g/mol. The lowest BCUT2D eigenvalue weighted by atomic mass is 9.94. The predicted octanol–water partition coefficient (Wildman–Crippen LogP) is 0.0603. The van der Waals surface area contributed by atoms with Crippen molar-refractivity contribution >= 4 is 25.2 Å². The molecule has 0 aliphatic carbocycles. The summed E-state index contributed by atoms with van der Waals surface area (Å²) in [6.07, 6.45) is 1.19. The molecule has 1 aromatic rings. The molecule has 0 heterocycles. The smallest absolute Gasteiger partial charge is 0.113 e. The lowest BCUT2D eigenvalue weighted by molar-refractivity contribution is 1.54. The van der Waals surface area contributed by atoms with Crippen molar-refractivity contribution in [3.8, 4) is 0 Å². The average Bonchev–Trinajstić information content (AvgIpc) is 1.94. The lowest BCUT2D eigenvalue weighted by Crippen LogP contribution is -2.04. The number of nitrogens with one attached hydrogen (secondary N) is 1. The van der Waals surface area contributed by atoms with E-state index in [9.17, 15) is 0 Å². The van der Waals surface area contributed by atoms with Gasteiger partial charge < -0.3 is 11.1 Å². The van der Waals surface area contributed by atoms with Gasteiger partial charge in [0.15, 0.2) is 0 Å². The molecule has 0 spiro atoms. The standard InChI is InChI=1S/C7H7BN2/c8-6-1-2-7(10)5(3-6)4-9/h1-4,9H,10H2. The van der Waals surface area contributed by atoms with Gasteiger partial charge in [-0.05, 0) is 6.07 Å². The van der Waals surface area contributed by atoms with Crippen molar-refractivity contribution in [3.05, 3.63) is 23.8 Å². The molecule has 0 aliphatic rings. The highest BCUT2D eigenvalue weighted by Gasteiger charge is 1.92. The Morgan fingerprint density at radius 2 is 2.20 bits per heavy atom. The Bertz CT molecular complexity index is 258. The molecule has 2 nitrogen and oxygen atoms in total. The first-order valence-corrected chi connectivity index (χ1v) is 2.89. The Hall–Kier alpha value is -1.25. The largest absolute Gasteiger partial charge is 0.398 e. The molecule has 10 heavy (non-hydrogen) atoms. The van der Waals surface area contributed by atoms with E-state index >= 15 is 0 Å². The van der Waals surface area contributed by atoms with Gasteiger partial charge in [0.2, 0.25) is 0 Å². The van der Waals surface area contributed by atoms with E-state index < -0.39 is 0 Å². The van der Waals surface area contributed by atoms with E-state index in [0.29, 0.717) is 16.7 Å². The van der Waals surface area contributed by atoms with Crippen molar-refractivity contribution < 1.29 is 0 Å². The van der Waals surface area contributed by atoms with Crippen LogP contribution in [-0.2, 0) is 0 Å². The Kier molecular flexibility index (Phi) is 1.76. The zero-order chi connectivity index (χ0) is 7.56. The Labute approximate surface area is 61.0 Å². The molecule has 0 saturated carbocycles. The SMILES string of the molecule is [B]c1ccc(N)c(C=N)c1.